The first-order chi connectivity index (χ1) is 17.7. The van der Waals surface area contributed by atoms with Crippen LogP contribution in [0.3, 0.4) is 0 Å². The number of ether oxygens (including phenoxy) is 1. The average Bonchev–Trinajstić information content (AvgIpc) is 3.32. The summed E-state index contributed by atoms with van der Waals surface area (Å²) in [4.78, 5) is 8.80. The molecule has 2 aromatic carbocycles. The maximum absolute atomic E-state index is 6.20. The molecule has 0 bridgehead atoms. The Morgan fingerprint density at radius 3 is 2.39 bits per heavy atom. The number of piperidine rings is 1. The fourth-order valence-corrected chi connectivity index (χ4v) is 5.13. The van der Waals surface area contributed by atoms with Crippen molar-refractivity contribution in [3.05, 3.63) is 89.4 Å². The van der Waals surface area contributed by atoms with Gasteiger partial charge in [-0.05, 0) is 94.2 Å². The highest BCUT2D eigenvalue weighted by Gasteiger charge is 2.22. The third-order valence-electron chi connectivity index (χ3n) is 7.14. The summed E-state index contributed by atoms with van der Waals surface area (Å²) >= 11 is 0. The minimum atomic E-state index is 0. The second-order valence-electron chi connectivity index (χ2n) is 10.2. The molecule has 2 aromatic heterocycles. The van der Waals surface area contributed by atoms with Crippen LogP contribution in [-0.4, -0.2) is 47.1 Å². The molecule has 204 valence electrons. The molecule has 1 saturated heterocycles. The molecule has 0 amide bonds. The lowest BCUT2D eigenvalue weighted by molar-refractivity contribution is 0.172. The van der Waals surface area contributed by atoms with E-state index < -0.39 is 0 Å². The topological polar surface area (TPSA) is 54.6 Å². The van der Waals surface area contributed by atoms with Gasteiger partial charge in [-0.2, -0.15) is 0 Å². The van der Waals surface area contributed by atoms with E-state index in [0.29, 0.717) is 6.61 Å². The number of hydrogen-bond donors (Lipinski definition) is 0. The summed E-state index contributed by atoms with van der Waals surface area (Å²) in [6.07, 6.45) is 8.19. The molecule has 0 spiro atoms. The zero-order valence-electron chi connectivity index (χ0n) is 22.2. The van der Waals surface area contributed by atoms with Crippen molar-refractivity contribution in [2.75, 3.05) is 27.2 Å². The smallest absolute Gasteiger partial charge is 0.175 e. The molecule has 0 saturated carbocycles. The monoisotopic (exact) mass is 556 g/mol. The molecule has 0 N–H and O–H groups in total. The van der Waals surface area contributed by atoms with Gasteiger partial charge >= 0.3 is 0 Å². The number of fused-ring (bicyclic) bond motifs is 1. The molecule has 0 radical (unpaired) electrons. The highest BCUT2D eigenvalue weighted by molar-refractivity contribution is 5.86. The highest BCUT2D eigenvalue weighted by atomic mass is 35.5. The Hall–Kier alpha value is -2.64. The van der Waals surface area contributed by atoms with Gasteiger partial charge in [0.25, 0.3) is 0 Å². The zero-order valence-corrected chi connectivity index (χ0v) is 23.8. The lowest BCUT2D eigenvalue weighted by atomic mass is 9.91. The Bertz CT molecular complexity index is 1240. The van der Waals surface area contributed by atoms with Crippen LogP contribution < -0.4 is 4.74 Å². The first kappa shape index (κ1) is 29.9. The van der Waals surface area contributed by atoms with Gasteiger partial charge in [-0.1, -0.05) is 35.5 Å². The van der Waals surface area contributed by atoms with Gasteiger partial charge in [0, 0.05) is 30.9 Å². The maximum atomic E-state index is 6.20. The van der Waals surface area contributed by atoms with Crippen molar-refractivity contribution >= 4 is 35.8 Å². The van der Waals surface area contributed by atoms with Gasteiger partial charge in [0.1, 0.15) is 12.4 Å². The van der Waals surface area contributed by atoms with Crippen molar-refractivity contribution < 1.29 is 9.26 Å². The van der Waals surface area contributed by atoms with Crippen molar-refractivity contribution in [2.45, 2.75) is 45.4 Å². The normalized spacial score (nSPS) is 14.3. The Morgan fingerprint density at radius 1 is 0.947 bits per heavy atom. The third-order valence-corrected chi connectivity index (χ3v) is 7.14. The van der Waals surface area contributed by atoms with Gasteiger partial charge in [-0.25, -0.2) is 0 Å². The fraction of sp³-hybridized carbons (Fsp3) is 0.400. The van der Waals surface area contributed by atoms with Crippen molar-refractivity contribution in [3.8, 4) is 5.75 Å². The summed E-state index contributed by atoms with van der Waals surface area (Å²) in [6, 6.07) is 18.9. The third kappa shape index (κ3) is 7.70. The molecule has 1 aliphatic rings. The number of benzene rings is 2. The number of rotatable bonds is 10. The molecule has 1 aliphatic heterocycles. The molecule has 38 heavy (non-hydrogen) atoms. The Labute approximate surface area is 238 Å². The molecule has 4 aromatic rings. The standard InChI is InChI=1S/C30H36N4O2.2ClH/c1-33(2)21-27-29(35-22-25-12-16-31-17-13-25)11-9-26-28(32-36-30(26)27)10-8-23-14-18-34(19-15-23)20-24-6-4-3-5-7-24;;/h3-7,9,11-13,16-17,23H,8,10,14-15,18-22H2,1-2H3;2*1H. The van der Waals surface area contributed by atoms with E-state index in [9.17, 15) is 0 Å². The van der Waals surface area contributed by atoms with Crippen molar-refractivity contribution in [2.24, 2.45) is 5.92 Å². The van der Waals surface area contributed by atoms with Crippen LogP contribution in [0.2, 0.25) is 0 Å². The largest absolute Gasteiger partial charge is 0.488 e. The minimum Gasteiger partial charge on any atom is -0.488 e. The van der Waals surface area contributed by atoms with E-state index in [0.717, 1.165) is 65.4 Å². The van der Waals surface area contributed by atoms with E-state index in [1.807, 2.05) is 12.1 Å². The number of aromatic nitrogens is 2. The van der Waals surface area contributed by atoms with Gasteiger partial charge in [-0.3, -0.25) is 9.88 Å². The predicted molar refractivity (Wildman–Crippen MR) is 157 cm³/mol. The second kappa shape index (κ2) is 14.5. The first-order valence-corrected chi connectivity index (χ1v) is 13.0. The Kier molecular flexibility index (Phi) is 11.4. The summed E-state index contributed by atoms with van der Waals surface area (Å²) < 4.78 is 12.1. The van der Waals surface area contributed by atoms with Crippen LogP contribution in [-0.2, 0) is 26.1 Å². The number of aryl methyl sites for hydroxylation is 1. The van der Waals surface area contributed by atoms with Gasteiger partial charge in [0.05, 0.1) is 11.3 Å². The Balaban J connectivity index is 0.00000200. The second-order valence-corrected chi connectivity index (χ2v) is 10.2. The zero-order chi connectivity index (χ0) is 24.7. The van der Waals surface area contributed by atoms with E-state index in [2.05, 4.69) is 76.5 Å². The van der Waals surface area contributed by atoms with E-state index in [1.54, 1.807) is 12.4 Å². The summed E-state index contributed by atoms with van der Waals surface area (Å²) in [5, 5.41) is 5.63. The molecule has 0 unspecified atom stereocenters. The molecule has 6 nitrogen and oxygen atoms in total. The summed E-state index contributed by atoms with van der Waals surface area (Å²) in [5.74, 6) is 1.59. The lowest BCUT2D eigenvalue weighted by Crippen LogP contribution is -2.33. The number of hydrogen-bond acceptors (Lipinski definition) is 6. The lowest BCUT2D eigenvalue weighted by Gasteiger charge is -2.31. The molecule has 1 fully saturated rings. The van der Waals surface area contributed by atoms with Gasteiger partial charge in [0.2, 0.25) is 0 Å². The van der Waals surface area contributed by atoms with Crippen molar-refractivity contribution in [3.63, 3.8) is 0 Å². The fourth-order valence-electron chi connectivity index (χ4n) is 5.13. The van der Waals surface area contributed by atoms with Crippen LogP contribution in [0.5, 0.6) is 5.75 Å². The summed E-state index contributed by atoms with van der Waals surface area (Å²) in [7, 11) is 4.12. The SMILES string of the molecule is CN(C)Cc1c(OCc2ccncc2)ccc2c(CCC3CCN(Cc4ccccc4)CC3)noc12.Cl.Cl. The van der Waals surface area contributed by atoms with Crippen molar-refractivity contribution in [1.29, 1.82) is 0 Å². The quantitative estimate of drug-likeness (QED) is 0.220. The van der Waals surface area contributed by atoms with Crippen molar-refractivity contribution in [1.82, 2.24) is 19.9 Å². The van der Waals surface area contributed by atoms with Gasteiger partial charge in [0.15, 0.2) is 5.58 Å². The van der Waals surface area contributed by atoms with E-state index in [1.165, 1.54) is 31.5 Å². The Morgan fingerprint density at radius 2 is 1.68 bits per heavy atom. The van der Waals surface area contributed by atoms with Crippen LogP contribution in [0.1, 0.15) is 41.6 Å². The summed E-state index contributed by atoms with van der Waals surface area (Å²) in [5.41, 5.74) is 5.47. The number of likely N-dealkylation sites (tertiary alicyclic amines) is 1. The van der Waals surface area contributed by atoms with Crippen LogP contribution in [0.25, 0.3) is 11.0 Å². The summed E-state index contributed by atoms with van der Waals surface area (Å²) in [6.45, 7) is 4.63. The molecular weight excluding hydrogens is 519 g/mol. The van der Waals surface area contributed by atoms with E-state index in [-0.39, 0.29) is 24.8 Å². The molecule has 0 atom stereocenters. The molecule has 5 rings (SSSR count). The molecule has 3 heterocycles. The van der Waals surface area contributed by atoms with Crippen LogP contribution in [0.15, 0.2) is 71.5 Å². The minimum absolute atomic E-state index is 0. The average molecular weight is 558 g/mol. The number of pyridine rings is 1. The van der Waals surface area contributed by atoms with Crippen LogP contribution in [0.4, 0.5) is 0 Å². The van der Waals surface area contributed by atoms with E-state index in [4.69, 9.17) is 9.26 Å². The molecule has 0 aliphatic carbocycles. The first-order valence-electron chi connectivity index (χ1n) is 13.0. The van der Waals surface area contributed by atoms with Gasteiger partial charge < -0.3 is 14.2 Å². The van der Waals surface area contributed by atoms with Crippen LogP contribution >= 0.6 is 24.8 Å². The number of nitrogens with zero attached hydrogens (tertiary/aromatic N) is 4. The maximum Gasteiger partial charge on any atom is 0.175 e. The number of halogens is 2. The van der Waals surface area contributed by atoms with Crippen LogP contribution in [0, 0.1) is 5.92 Å². The van der Waals surface area contributed by atoms with E-state index >= 15 is 0 Å². The predicted octanol–water partition coefficient (Wildman–Crippen LogP) is 6.55. The van der Waals surface area contributed by atoms with Gasteiger partial charge in [-0.15, -0.1) is 24.8 Å². The molecular formula is C30H38Cl2N4O2. The highest BCUT2D eigenvalue weighted by Crippen LogP contribution is 2.33. The molecule has 8 heteroatoms.